The average Bonchev–Trinajstić information content (AvgIpc) is 2.85. The number of hydrogen-bond donors (Lipinski definition) is 1. The maximum Gasteiger partial charge on any atom is 0.142 e. The summed E-state index contributed by atoms with van der Waals surface area (Å²) in [5, 5.41) is 5.10. The molecule has 0 atom stereocenters. The number of hydrogen-bond acceptors (Lipinski definition) is 4. The molecule has 3 aromatic rings. The lowest BCUT2D eigenvalue weighted by Gasteiger charge is -2.06. The van der Waals surface area contributed by atoms with Gasteiger partial charge in [-0.15, -0.1) is 11.3 Å². The smallest absolute Gasteiger partial charge is 0.142 e. The molecule has 5 heteroatoms. The van der Waals surface area contributed by atoms with Crippen LogP contribution in [0.5, 0.6) is 0 Å². The number of anilines is 2. The Hall–Kier alpha value is -1.65. The van der Waals surface area contributed by atoms with E-state index in [2.05, 4.69) is 28.3 Å². The first-order valence-electron chi connectivity index (χ1n) is 6.02. The summed E-state index contributed by atoms with van der Waals surface area (Å²) < 4.78 is 0. The highest BCUT2D eigenvalue weighted by Gasteiger charge is 2.08. The first-order chi connectivity index (χ1) is 9.26. The topological polar surface area (TPSA) is 37.8 Å². The Labute approximate surface area is 120 Å². The van der Waals surface area contributed by atoms with Gasteiger partial charge in [0, 0.05) is 15.6 Å². The summed E-state index contributed by atoms with van der Waals surface area (Å²) in [4.78, 5) is 11.0. The third-order valence-corrected chi connectivity index (χ3v) is 4.28. The molecule has 0 aliphatic carbocycles. The van der Waals surface area contributed by atoms with Crippen molar-refractivity contribution in [3.05, 3.63) is 46.6 Å². The summed E-state index contributed by atoms with van der Waals surface area (Å²) >= 11 is 7.59. The summed E-state index contributed by atoms with van der Waals surface area (Å²) in [5.74, 6) is 0.836. The molecule has 0 unspecified atom stereocenters. The van der Waals surface area contributed by atoms with Gasteiger partial charge >= 0.3 is 0 Å². The fraction of sp³-hybridized carbons (Fsp3) is 0.143. The van der Waals surface area contributed by atoms with E-state index in [9.17, 15) is 0 Å². The Morgan fingerprint density at radius 1 is 1.21 bits per heavy atom. The second-order valence-electron chi connectivity index (χ2n) is 4.14. The molecule has 0 radical (unpaired) electrons. The van der Waals surface area contributed by atoms with Crippen LogP contribution in [0.2, 0.25) is 5.02 Å². The van der Waals surface area contributed by atoms with Crippen LogP contribution in [0.15, 0.2) is 36.7 Å². The minimum absolute atomic E-state index is 0.724. The zero-order chi connectivity index (χ0) is 13.2. The number of nitrogens with zero attached hydrogens (tertiary/aromatic N) is 2. The molecular formula is C14H12ClN3S. The van der Waals surface area contributed by atoms with Crippen LogP contribution in [0.1, 0.15) is 11.8 Å². The van der Waals surface area contributed by atoms with E-state index in [1.165, 1.54) is 4.88 Å². The average molecular weight is 290 g/mol. The Morgan fingerprint density at radius 3 is 2.74 bits per heavy atom. The van der Waals surface area contributed by atoms with Crippen molar-refractivity contribution >= 4 is 44.7 Å². The monoisotopic (exact) mass is 289 g/mol. The minimum Gasteiger partial charge on any atom is -0.340 e. The predicted molar refractivity (Wildman–Crippen MR) is 81.5 cm³/mol. The van der Waals surface area contributed by atoms with Gasteiger partial charge in [-0.25, -0.2) is 9.97 Å². The van der Waals surface area contributed by atoms with Gasteiger partial charge in [0.2, 0.25) is 0 Å². The molecule has 2 heterocycles. The lowest BCUT2D eigenvalue weighted by molar-refractivity contribution is 1.19. The largest absolute Gasteiger partial charge is 0.340 e. The molecule has 0 saturated carbocycles. The van der Waals surface area contributed by atoms with Crippen molar-refractivity contribution in [3.63, 3.8) is 0 Å². The number of nitrogens with one attached hydrogen (secondary N) is 1. The van der Waals surface area contributed by atoms with E-state index in [-0.39, 0.29) is 0 Å². The van der Waals surface area contributed by atoms with Crippen molar-refractivity contribution in [1.82, 2.24) is 9.97 Å². The molecule has 1 aromatic carbocycles. The summed E-state index contributed by atoms with van der Waals surface area (Å²) in [5.41, 5.74) is 0.966. The van der Waals surface area contributed by atoms with Crippen molar-refractivity contribution in [3.8, 4) is 0 Å². The van der Waals surface area contributed by atoms with Crippen LogP contribution < -0.4 is 5.32 Å². The lowest BCUT2D eigenvalue weighted by atomic mass is 10.3. The number of aryl methyl sites for hydroxylation is 1. The first-order valence-corrected chi connectivity index (χ1v) is 7.21. The second kappa shape index (κ2) is 5.15. The Balaban J connectivity index is 2.00. The molecule has 3 rings (SSSR count). The summed E-state index contributed by atoms with van der Waals surface area (Å²) in [6.07, 6.45) is 2.61. The third-order valence-electron chi connectivity index (χ3n) is 2.84. The SMILES string of the molecule is CCc1cc2c(Nc3ccc(Cl)cc3)ncnc2s1. The highest BCUT2D eigenvalue weighted by atomic mass is 35.5. The molecule has 2 aromatic heterocycles. The Kier molecular flexibility index (Phi) is 3.36. The lowest BCUT2D eigenvalue weighted by Crippen LogP contribution is -1.94. The van der Waals surface area contributed by atoms with E-state index in [4.69, 9.17) is 11.6 Å². The highest BCUT2D eigenvalue weighted by Crippen LogP contribution is 2.30. The van der Waals surface area contributed by atoms with Gasteiger partial charge in [0.15, 0.2) is 0 Å². The molecule has 0 amide bonds. The molecule has 0 aliphatic rings. The Morgan fingerprint density at radius 2 is 2.00 bits per heavy atom. The number of benzene rings is 1. The highest BCUT2D eigenvalue weighted by molar-refractivity contribution is 7.18. The zero-order valence-electron chi connectivity index (χ0n) is 10.4. The van der Waals surface area contributed by atoms with Crippen LogP contribution in [-0.4, -0.2) is 9.97 Å². The molecule has 19 heavy (non-hydrogen) atoms. The summed E-state index contributed by atoms with van der Waals surface area (Å²) in [6.45, 7) is 2.14. The van der Waals surface area contributed by atoms with Gasteiger partial charge in [-0.05, 0) is 36.8 Å². The van der Waals surface area contributed by atoms with Gasteiger partial charge in [-0.3, -0.25) is 0 Å². The van der Waals surface area contributed by atoms with Gasteiger partial charge in [-0.2, -0.15) is 0 Å². The van der Waals surface area contributed by atoms with Crippen molar-refractivity contribution in [2.24, 2.45) is 0 Å². The van der Waals surface area contributed by atoms with Crippen LogP contribution in [0, 0.1) is 0 Å². The molecule has 0 fully saturated rings. The van der Waals surface area contributed by atoms with Crippen LogP contribution in [0.3, 0.4) is 0 Å². The molecule has 1 N–H and O–H groups in total. The number of fused-ring (bicyclic) bond motifs is 1. The van der Waals surface area contributed by atoms with Crippen molar-refractivity contribution in [1.29, 1.82) is 0 Å². The first kappa shape index (κ1) is 12.4. The van der Waals surface area contributed by atoms with E-state index >= 15 is 0 Å². The maximum absolute atomic E-state index is 5.88. The fourth-order valence-corrected chi connectivity index (χ4v) is 2.91. The van der Waals surface area contributed by atoms with Gasteiger partial charge in [-0.1, -0.05) is 18.5 Å². The van der Waals surface area contributed by atoms with Gasteiger partial charge in [0.25, 0.3) is 0 Å². The summed E-state index contributed by atoms with van der Waals surface area (Å²) in [7, 11) is 0. The van der Waals surface area contributed by atoms with Crippen LogP contribution in [0.4, 0.5) is 11.5 Å². The second-order valence-corrected chi connectivity index (χ2v) is 5.69. The standard InChI is InChI=1S/C14H12ClN3S/c1-2-11-7-12-13(16-8-17-14(12)19-11)18-10-5-3-9(15)4-6-10/h3-8H,2H2,1H3,(H,16,17,18). The molecule has 0 spiro atoms. The quantitative estimate of drug-likeness (QED) is 0.762. The molecular weight excluding hydrogens is 278 g/mol. The predicted octanol–water partition coefficient (Wildman–Crippen LogP) is 4.65. The van der Waals surface area contributed by atoms with Crippen LogP contribution >= 0.6 is 22.9 Å². The van der Waals surface area contributed by atoms with Gasteiger partial charge in [0.05, 0.1) is 5.39 Å². The number of aromatic nitrogens is 2. The van der Waals surface area contributed by atoms with E-state index < -0.39 is 0 Å². The van der Waals surface area contributed by atoms with E-state index in [1.807, 2.05) is 24.3 Å². The fourth-order valence-electron chi connectivity index (χ4n) is 1.85. The molecule has 96 valence electrons. The Bertz CT molecular complexity index is 706. The van der Waals surface area contributed by atoms with Crippen molar-refractivity contribution in [2.45, 2.75) is 13.3 Å². The molecule has 0 saturated heterocycles. The molecule has 0 bridgehead atoms. The summed E-state index contributed by atoms with van der Waals surface area (Å²) in [6, 6.07) is 9.73. The van der Waals surface area contributed by atoms with E-state index in [1.54, 1.807) is 17.7 Å². The normalized spacial score (nSPS) is 10.8. The zero-order valence-corrected chi connectivity index (χ0v) is 11.9. The minimum atomic E-state index is 0.724. The van der Waals surface area contributed by atoms with Gasteiger partial charge in [0.1, 0.15) is 17.0 Å². The van der Waals surface area contributed by atoms with E-state index in [0.717, 1.165) is 33.2 Å². The van der Waals surface area contributed by atoms with Crippen LogP contribution in [0.25, 0.3) is 10.2 Å². The number of thiophene rings is 1. The third kappa shape index (κ3) is 2.55. The van der Waals surface area contributed by atoms with E-state index in [0.29, 0.717) is 0 Å². The van der Waals surface area contributed by atoms with Gasteiger partial charge < -0.3 is 5.32 Å². The maximum atomic E-state index is 5.88. The number of rotatable bonds is 3. The molecule has 0 aliphatic heterocycles. The van der Waals surface area contributed by atoms with Crippen molar-refractivity contribution in [2.75, 3.05) is 5.32 Å². The van der Waals surface area contributed by atoms with Crippen LogP contribution in [-0.2, 0) is 6.42 Å². The molecule has 3 nitrogen and oxygen atoms in total. The van der Waals surface area contributed by atoms with Crippen molar-refractivity contribution < 1.29 is 0 Å². The number of halogens is 1.